The summed E-state index contributed by atoms with van der Waals surface area (Å²) in [6.07, 6.45) is 1.04. The Balaban J connectivity index is 1.73. The van der Waals surface area contributed by atoms with Crippen molar-refractivity contribution in [2.45, 2.75) is 39.2 Å². The highest BCUT2D eigenvalue weighted by atomic mass is 35.5. The van der Waals surface area contributed by atoms with Crippen LogP contribution in [0.3, 0.4) is 0 Å². The average Bonchev–Trinajstić information content (AvgIpc) is 2.79. The molecule has 0 saturated heterocycles. The van der Waals surface area contributed by atoms with Crippen LogP contribution >= 0.6 is 11.6 Å². The fourth-order valence-corrected chi connectivity index (χ4v) is 4.94. The topological polar surface area (TPSA) is 95.6 Å². The molecule has 1 atom stereocenters. The van der Waals surface area contributed by atoms with Gasteiger partial charge in [-0.3, -0.25) is 13.9 Å². The molecule has 0 fully saturated rings. The summed E-state index contributed by atoms with van der Waals surface area (Å²) in [5, 5.41) is 6.01. The molecule has 2 amide bonds. The molecule has 3 aromatic carbocycles. The largest absolute Gasteiger partial charge is 0.324 e. The van der Waals surface area contributed by atoms with E-state index in [0.29, 0.717) is 27.6 Å². The SMILES string of the molecule is C[C@@H](C(=O)Nc1cccc(NC(=O)c2ccc(C(C)(C)C)cc2)c1)N(c1ccc(Cl)cc1)S(C)(=O)=O. The maximum absolute atomic E-state index is 13.0. The Morgan fingerprint density at radius 1 is 0.889 bits per heavy atom. The number of nitrogens with zero attached hydrogens (tertiary/aromatic N) is 1. The molecule has 3 aromatic rings. The number of hydrogen-bond donors (Lipinski definition) is 2. The van der Waals surface area contributed by atoms with Crippen molar-refractivity contribution in [1.82, 2.24) is 0 Å². The fraction of sp³-hybridized carbons (Fsp3) is 0.259. The number of halogens is 1. The first-order chi connectivity index (χ1) is 16.8. The van der Waals surface area contributed by atoms with Gasteiger partial charge in [-0.2, -0.15) is 0 Å². The number of hydrogen-bond acceptors (Lipinski definition) is 4. The van der Waals surface area contributed by atoms with Crippen molar-refractivity contribution in [2.75, 3.05) is 21.2 Å². The molecule has 0 aliphatic rings. The zero-order valence-electron chi connectivity index (χ0n) is 20.9. The van der Waals surface area contributed by atoms with Crippen LogP contribution in [0.1, 0.15) is 43.6 Å². The number of carbonyl (C=O) groups excluding carboxylic acids is 2. The molecule has 7 nitrogen and oxygen atoms in total. The predicted octanol–water partition coefficient (Wildman–Crippen LogP) is 5.68. The van der Waals surface area contributed by atoms with Crippen LogP contribution in [0.5, 0.6) is 0 Å². The average molecular weight is 528 g/mol. The summed E-state index contributed by atoms with van der Waals surface area (Å²) in [7, 11) is -3.76. The minimum atomic E-state index is -3.76. The minimum absolute atomic E-state index is 0.0150. The Kier molecular flexibility index (Phi) is 8.11. The Labute approximate surface area is 217 Å². The molecule has 0 radical (unpaired) electrons. The van der Waals surface area contributed by atoms with Crippen molar-refractivity contribution in [3.8, 4) is 0 Å². The van der Waals surface area contributed by atoms with Crippen molar-refractivity contribution in [1.29, 1.82) is 0 Å². The molecule has 0 spiro atoms. The summed E-state index contributed by atoms with van der Waals surface area (Å²) in [6.45, 7) is 7.81. The second-order valence-corrected chi connectivity index (χ2v) is 11.9. The van der Waals surface area contributed by atoms with Crippen LogP contribution in [0.4, 0.5) is 17.1 Å². The Morgan fingerprint density at radius 2 is 1.44 bits per heavy atom. The van der Waals surface area contributed by atoms with Gasteiger partial charge in [-0.05, 0) is 72.5 Å². The van der Waals surface area contributed by atoms with Crippen LogP contribution in [0.2, 0.25) is 5.02 Å². The number of carbonyl (C=O) groups is 2. The summed E-state index contributed by atoms with van der Waals surface area (Å²) in [4.78, 5) is 25.7. The molecule has 0 unspecified atom stereocenters. The lowest BCUT2D eigenvalue weighted by Gasteiger charge is -2.28. The van der Waals surface area contributed by atoms with Crippen LogP contribution in [-0.2, 0) is 20.2 Å². The summed E-state index contributed by atoms with van der Waals surface area (Å²) < 4.78 is 26.0. The number of anilines is 3. The van der Waals surface area contributed by atoms with E-state index in [0.717, 1.165) is 16.1 Å². The highest BCUT2D eigenvalue weighted by Gasteiger charge is 2.29. The molecule has 0 bridgehead atoms. The molecule has 9 heteroatoms. The quantitative estimate of drug-likeness (QED) is 0.413. The van der Waals surface area contributed by atoms with Gasteiger partial charge < -0.3 is 10.6 Å². The fourth-order valence-electron chi connectivity index (χ4n) is 3.64. The van der Waals surface area contributed by atoms with Crippen molar-refractivity contribution in [3.63, 3.8) is 0 Å². The van der Waals surface area contributed by atoms with Gasteiger partial charge in [0.05, 0.1) is 11.9 Å². The van der Waals surface area contributed by atoms with Crippen molar-refractivity contribution >= 4 is 50.5 Å². The first kappa shape index (κ1) is 27.2. The molecule has 3 rings (SSSR count). The molecule has 0 aliphatic heterocycles. The molecular formula is C27H30ClN3O4S. The van der Waals surface area contributed by atoms with Gasteiger partial charge in [-0.25, -0.2) is 8.42 Å². The summed E-state index contributed by atoms with van der Waals surface area (Å²) in [6, 6.07) is 19.2. The van der Waals surface area contributed by atoms with Crippen molar-refractivity contribution in [3.05, 3.63) is 88.9 Å². The molecule has 0 saturated carbocycles. The summed E-state index contributed by atoms with van der Waals surface area (Å²) >= 11 is 5.92. The second-order valence-electron chi connectivity index (χ2n) is 9.56. The van der Waals surface area contributed by atoms with Crippen LogP contribution in [0.15, 0.2) is 72.8 Å². The summed E-state index contributed by atoms with van der Waals surface area (Å²) in [5.41, 5.74) is 2.85. The maximum atomic E-state index is 13.0. The van der Waals surface area contributed by atoms with Crippen molar-refractivity contribution in [2.24, 2.45) is 0 Å². The maximum Gasteiger partial charge on any atom is 0.255 e. The number of sulfonamides is 1. The van der Waals surface area contributed by atoms with E-state index in [2.05, 4.69) is 31.4 Å². The van der Waals surface area contributed by atoms with Crippen LogP contribution < -0.4 is 14.9 Å². The third kappa shape index (κ3) is 6.86. The van der Waals surface area contributed by atoms with Gasteiger partial charge in [0.1, 0.15) is 6.04 Å². The van der Waals surface area contributed by atoms with Crippen LogP contribution in [-0.4, -0.2) is 32.5 Å². The third-order valence-corrected chi connectivity index (χ3v) is 7.06. The number of rotatable bonds is 7. The number of nitrogens with one attached hydrogen (secondary N) is 2. The molecular weight excluding hydrogens is 498 g/mol. The lowest BCUT2D eigenvalue weighted by atomic mass is 9.87. The van der Waals surface area contributed by atoms with Gasteiger partial charge in [0, 0.05) is 22.0 Å². The zero-order chi connectivity index (χ0) is 26.7. The van der Waals surface area contributed by atoms with E-state index in [4.69, 9.17) is 11.6 Å². The van der Waals surface area contributed by atoms with Gasteiger partial charge in [0.25, 0.3) is 5.91 Å². The zero-order valence-corrected chi connectivity index (χ0v) is 22.4. The van der Waals surface area contributed by atoms with E-state index >= 15 is 0 Å². The van der Waals surface area contributed by atoms with Gasteiger partial charge in [0.2, 0.25) is 15.9 Å². The molecule has 0 aliphatic carbocycles. The predicted molar refractivity (Wildman–Crippen MR) is 146 cm³/mol. The van der Waals surface area contributed by atoms with E-state index in [1.807, 2.05) is 12.1 Å². The third-order valence-electron chi connectivity index (χ3n) is 5.57. The normalized spacial score (nSPS) is 12.5. The van der Waals surface area contributed by atoms with Gasteiger partial charge in [0.15, 0.2) is 0 Å². The lowest BCUT2D eigenvalue weighted by molar-refractivity contribution is -0.116. The molecule has 190 valence electrons. The highest BCUT2D eigenvalue weighted by molar-refractivity contribution is 7.92. The lowest BCUT2D eigenvalue weighted by Crippen LogP contribution is -2.45. The summed E-state index contributed by atoms with van der Waals surface area (Å²) in [5.74, 6) is -0.810. The smallest absolute Gasteiger partial charge is 0.255 e. The van der Waals surface area contributed by atoms with E-state index in [-0.39, 0.29) is 11.3 Å². The monoisotopic (exact) mass is 527 g/mol. The van der Waals surface area contributed by atoms with Gasteiger partial charge >= 0.3 is 0 Å². The van der Waals surface area contributed by atoms with E-state index in [9.17, 15) is 18.0 Å². The minimum Gasteiger partial charge on any atom is -0.324 e. The number of amides is 2. The Hall–Kier alpha value is -3.36. The Morgan fingerprint density at radius 3 is 1.97 bits per heavy atom. The molecule has 0 heterocycles. The molecule has 36 heavy (non-hydrogen) atoms. The van der Waals surface area contributed by atoms with Crippen LogP contribution in [0, 0.1) is 0 Å². The van der Waals surface area contributed by atoms with Crippen molar-refractivity contribution < 1.29 is 18.0 Å². The standard InChI is InChI=1S/C27H30ClN3O4S/c1-18(31(36(5,34)35)24-15-13-21(28)14-16-24)25(32)29-22-7-6-8-23(17-22)30-26(33)19-9-11-20(12-10-19)27(2,3)4/h6-18H,1-5H3,(H,29,32)(H,30,33)/t18-/m0/s1. The van der Waals surface area contributed by atoms with E-state index in [1.165, 1.54) is 19.1 Å². The first-order valence-electron chi connectivity index (χ1n) is 11.3. The van der Waals surface area contributed by atoms with Gasteiger partial charge in [-0.1, -0.05) is 50.6 Å². The van der Waals surface area contributed by atoms with E-state index in [1.54, 1.807) is 48.5 Å². The molecule has 0 aromatic heterocycles. The number of benzene rings is 3. The second kappa shape index (κ2) is 10.7. The van der Waals surface area contributed by atoms with Crippen LogP contribution in [0.25, 0.3) is 0 Å². The van der Waals surface area contributed by atoms with E-state index < -0.39 is 22.0 Å². The van der Waals surface area contributed by atoms with Gasteiger partial charge in [-0.15, -0.1) is 0 Å². The first-order valence-corrected chi connectivity index (χ1v) is 13.6. The highest BCUT2D eigenvalue weighted by Crippen LogP contribution is 2.25. The molecule has 2 N–H and O–H groups in total. The Bertz CT molecular complexity index is 1350.